The van der Waals surface area contributed by atoms with Crippen LogP contribution in [-0.2, 0) is 6.54 Å². The molecule has 1 unspecified atom stereocenters. The molecule has 0 saturated carbocycles. The van der Waals surface area contributed by atoms with Crippen molar-refractivity contribution < 1.29 is 0 Å². The maximum absolute atomic E-state index is 4.27. The largest absolute Gasteiger partial charge is 0.380 e. The van der Waals surface area contributed by atoms with E-state index < -0.39 is 0 Å². The highest BCUT2D eigenvalue weighted by Gasteiger charge is 2.07. The monoisotopic (exact) mass is 195 g/mol. The van der Waals surface area contributed by atoms with E-state index in [2.05, 4.69) is 44.3 Å². The fourth-order valence-electron chi connectivity index (χ4n) is 1.22. The summed E-state index contributed by atoms with van der Waals surface area (Å²) in [5.41, 5.74) is 1.12. The van der Waals surface area contributed by atoms with Gasteiger partial charge in [-0.25, -0.2) is 0 Å². The zero-order valence-corrected chi connectivity index (χ0v) is 9.62. The molecule has 1 rings (SSSR count). The van der Waals surface area contributed by atoms with Crippen molar-refractivity contribution in [1.82, 2.24) is 9.78 Å². The van der Waals surface area contributed by atoms with Gasteiger partial charge in [0, 0.05) is 18.8 Å². The summed E-state index contributed by atoms with van der Waals surface area (Å²) in [6, 6.07) is 0.495. The van der Waals surface area contributed by atoms with Gasteiger partial charge in [-0.15, -0.1) is 0 Å². The van der Waals surface area contributed by atoms with Crippen LogP contribution < -0.4 is 5.32 Å². The van der Waals surface area contributed by atoms with Crippen LogP contribution in [-0.4, -0.2) is 15.8 Å². The number of aryl methyl sites for hydroxylation is 1. The molecule has 0 aliphatic heterocycles. The Labute approximate surface area is 86.5 Å². The molecule has 3 heteroatoms. The molecule has 3 nitrogen and oxygen atoms in total. The first-order chi connectivity index (χ1) is 6.63. The lowest BCUT2D eigenvalue weighted by molar-refractivity contribution is 0.559. The minimum atomic E-state index is 0.495. The van der Waals surface area contributed by atoms with Gasteiger partial charge in [0.25, 0.3) is 0 Å². The van der Waals surface area contributed by atoms with E-state index in [0.29, 0.717) is 12.0 Å². The number of anilines is 1. The van der Waals surface area contributed by atoms with Crippen LogP contribution in [0.3, 0.4) is 0 Å². The highest BCUT2D eigenvalue weighted by atomic mass is 15.3. The molecule has 0 spiro atoms. The van der Waals surface area contributed by atoms with Crippen molar-refractivity contribution in [1.29, 1.82) is 0 Å². The fourth-order valence-corrected chi connectivity index (χ4v) is 1.22. The van der Waals surface area contributed by atoms with Gasteiger partial charge < -0.3 is 5.32 Å². The standard InChI is InChI=1S/C11H21N3/c1-5-6-14-8-11(7-12-14)13-10(4)9(2)3/h7-10,13H,5-6H2,1-4H3. The molecule has 0 radical (unpaired) electrons. The third-order valence-corrected chi connectivity index (χ3v) is 2.48. The van der Waals surface area contributed by atoms with Crippen molar-refractivity contribution >= 4 is 5.69 Å². The number of nitrogens with one attached hydrogen (secondary N) is 1. The normalized spacial score (nSPS) is 13.2. The molecule has 1 atom stereocenters. The number of rotatable bonds is 5. The molecule has 1 aromatic rings. The van der Waals surface area contributed by atoms with Gasteiger partial charge in [-0.05, 0) is 19.3 Å². The summed E-state index contributed by atoms with van der Waals surface area (Å²) in [4.78, 5) is 0. The van der Waals surface area contributed by atoms with Crippen LogP contribution in [0.1, 0.15) is 34.1 Å². The van der Waals surface area contributed by atoms with Crippen molar-refractivity contribution in [3.8, 4) is 0 Å². The highest BCUT2D eigenvalue weighted by molar-refractivity contribution is 5.39. The van der Waals surface area contributed by atoms with Crippen LogP contribution in [0.2, 0.25) is 0 Å². The average Bonchev–Trinajstić information content (AvgIpc) is 2.53. The summed E-state index contributed by atoms with van der Waals surface area (Å²) in [5, 5.41) is 7.71. The molecule has 14 heavy (non-hydrogen) atoms. The van der Waals surface area contributed by atoms with Crippen LogP contribution in [0.5, 0.6) is 0 Å². The second kappa shape index (κ2) is 5.03. The summed E-state index contributed by atoms with van der Waals surface area (Å²) in [6.07, 6.45) is 5.10. The Kier molecular flexibility index (Phi) is 3.98. The van der Waals surface area contributed by atoms with Crippen molar-refractivity contribution in [3.63, 3.8) is 0 Å². The van der Waals surface area contributed by atoms with Gasteiger partial charge in [0.05, 0.1) is 11.9 Å². The quantitative estimate of drug-likeness (QED) is 0.783. The highest BCUT2D eigenvalue weighted by Crippen LogP contribution is 2.11. The summed E-state index contributed by atoms with van der Waals surface area (Å²) >= 11 is 0. The van der Waals surface area contributed by atoms with Crippen LogP contribution in [0, 0.1) is 5.92 Å². The molecule has 0 aromatic carbocycles. The lowest BCUT2D eigenvalue weighted by atomic mass is 10.1. The minimum Gasteiger partial charge on any atom is -0.380 e. The van der Waals surface area contributed by atoms with Gasteiger partial charge in [0.2, 0.25) is 0 Å². The summed E-state index contributed by atoms with van der Waals surface area (Å²) in [6.45, 7) is 9.79. The van der Waals surface area contributed by atoms with Crippen molar-refractivity contribution in [2.75, 3.05) is 5.32 Å². The Balaban J connectivity index is 2.50. The van der Waals surface area contributed by atoms with Crippen molar-refractivity contribution in [2.45, 2.75) is 46.7 Å². The van der Waals surface area contributed by atoms with E-state index in [9.17, 15) is 0 Å². The molecular weight excluding hydrogens is 174 g/mol. The number of hydrogen-bond donors (Lipinski definition) is 1. The molecule has 0 saturated heterocycles. The number of hydrogen-bond acceptors (Lipinski definition) is 2. The number of aromatic nitrogens is 2. The van der Waals surface area contributed by atoms with Crippen molar-refractivity contribution in [2.24, 2.45) is 5.92 Å². The predicted octanol–water partition coefficient (Wildman–Crippen LogP) is 2.75. The van der Waals surface area contributed by atoms with Crippen LogP contribution >= 0.6 is 0 Å². The smallest absolute Gasteiger partial charge is 0.0728 e. The Morgan fingerprint density at radius 2 is 2.14 bits per heavy atom. The van der Waals surface area contributed by atoms with E-state index >= 15 is 0 Å². The van der Waals surface area contributed by atoms with Crippen LogP contribution in [0.4, 0.5) is 5.69 Å². The Morgan fingerprint density at radius 3 is 2.71 bits per heavy atom. The number of nitrogens with zero attached hydrogens (tertiary/aromatic N) is 2. The van der Waals surface area contributed by atoms with E-state index in [1.807, 2.05) is 10.9 Å². The molecule has 0 amide bonds. The molecule has 0 aliphatic rings. The van der Waals surface area contributed by atoms with Gasteiger partial charge in [-0.2, -0.15) is 5.10 Å². The fraction of sp³-hybridized carbons (Fsp3) is 0.727. The Hall–Kier alpha value is -0.990. The van der Waals surface area contributed by atoms with E-state index in [-0.39, 0.29) is 0 Å². The average molecular weight is 195 g/mol. The molecule has 0 aliphatic carbocycles. The van der Waals surface area contributed by atoms with E-state index in [1.165, 1.54) is 0 Å². The first-order valence-corrected chi connectivity index (χ1v) is 5.42. The second-order valence-electron chi connectivity index (χ2n) is 4.17. The predicted molar refractivity (Wildman–Crippen MR) is 60.4 cm³/mol. The minimum absolute atomic E-state index is 0.495. The first-order valence-electron chi connectivity index (χ1n) is 5.42. The molecule has 0 bridgehead atoms. The lowest BCUT2D eigenvalue weighted by Crippen LogP contribution is -2.21. The van der Waals surface area contributed by atoms with E-state index in [1.54, 1.807) is 0 Å². The Morgan fingerprint density at radius 1 is 1.43 bits per heavy atom. The summed E-state index contributed by atoms with van der Waals surface area (Å²) in [5.74, 6) is 0.643. The van der Waals surface area contributed by atoms with Gasteiger partial charge in [-0.3, -0.25) is 4.68 Å². The zero-order valence-electron chi connectivity index (χ0n) is 9.62. The topological polar surface area (TPSA) is 29.9 Å². The maximum Gasteiger partial charge on any atom is 0.0728 e. The maximum atomic E-state index is 4.27. The Bertz CT molecular complexity index is 265. The van der Waals surface area contributed by atoms with Gasteiger partial charge in [0.15, 0.2) is 0 Å². The van der Waals surface area contributed by atoms with E-state index in [4.69, 9.17) is 0 Å². The van der Waals surface area contributed by atoms with Crippen LogP contribution in [0.25, 0.3) is 0 Å². The third-order valence-electron chi connectivity index (χ3n) is 2.48. The molecule has 0 fully saturated rings. The molecule has 1 N–H and O–H groups in total. The summed E-state index contributed by atoms with van der Waals surface area (Å²) < 4.78 is 1.98. The SMILES string of the molecule is CCCn1cc(NC(C)C(C)C)cn1. The van der Waals surface area contributed by atoms with Crippen LogP contribution in [0.15, 0.2) is 12.4 Å². The van der Waals surface area contributed by atoms with Gasteiger partial charge in [-0.1, -0.05) is 20.8 Å². The zero-order chi connectivity index (χ0) is 10.6. The van der Waals surface area contributed by atoms with Gasteiger partial charge in [0.1, 0.15) is 0 Å². The second-order valence-corrected chi connectivity index (χ2v) is 4.17. The van der Waals surface area contributed by atoms with E-state index in [0.717, 1.165) is 18.7 Å². The molecular formula is C11H21N3. The molecule has 80 valence electrons. The van der Waals surface area contributed by atoms with Gasteiger partial charge >= 0.3 is 0 Å². The van der Waals surface area contributed by atoms with Crippen molar-refractivity contribution in [3.05, 3.63) is 12.4 Å². The summed E-state index contributed by atoms with van der Waals surface area (Å²) in [7, 11) is 0. The molecule has 1 heterocycles. The molecule has 1 aromatic heterocycles. The first kappa shape index (κ1) is 11.1. The third kappa shape index (κ3) is 3.05. The lowest BCUT2D eigenvalue weighted by Gasteiger charge is -2.16.